The summed E-state index contributed by atoms with van der Waals surface area (Å²) in [6.07, 6.45) is 0.583. The summed E-state index contributed by atoms with van der Waals surface area (Å²) < 4.78 is 11.1. The van der Waals surface area contributed by atoms with Crippen LogP contribution in [-0.2, 0) is 9.47 Å². The highest BCUT2D eigenvalue weighted by Crippen LogP contribution is 2.19. The van der Waals surface area contributed by atoms with Crippen molar-refractivity contribution in [3.8, 4) is 0 Å². The molecule has 0 saturated heterocycles. The zero-order valence-corrected chi connectivity index (χ0v) is 12.0. The Bertz CT molecular complexity index is 184. The van der Waals surface area contributed by atoms with Crippen molar-refractivity contribution >= 4 is 26.1 Å². The minimum atomic E-state index is -1.19. The van der Waals surface area contributed by atoms with Crippen molar-refractivity contribution in [2.24, 2.45) is 0 Å². The van der Waals surface area contributed by atoms with Crippen molar-refractivity contribution in [3.05, 3.63) is 0 Å². The molecular weight excluding hydrogens is 228 g/mol. The van der Waals surface area contributed by atoms with Crippen LogP contribution >= 0.6 is 12.2 Å². The van der Waals surface area contributed by atoms with E-state index in [-0.39, 0.29) is 11.0 Å². The molecule has 0 radical (unpaired) electrons. The van der Waals surface area contributed by atoms with Crippen LogP contribution in [0.5, 0.6) is 0 Å². The summed E-state index contributed by atoms with van der Waals surface area (Å²) in [5.74, 6) is -0.0654. The number of ether oxygens (including phenoxy) is 2. The van der Waals surface area contributed by atoms with Gasteiger partial charge in [-0.15, -0.1) is 0 Å². The second-order valence-electron chi connectivity index (χ2n) is 3.71. The van der Waals surface area contributed by atoms with Crippen LogP contribution in [0.4, 0.5) is 0 Å². The van der Waals surface area contributed by atoms with Gasteiger partial charge in [0.25, 0.3) is 0 Å². The van der Waals surface area contributed by atoms with E-state index >= 15 is 0 Å². The predicted octanol–water partition coefficient (Wildman–Crippen LogP) is 2.45. The summed E-state index contributed by atoms with van der Waals surface area (Å²) in [5, 5.41) is 9.18. The van der Waals surface area contributed by atoms with E-state index in [2.05, 4.69) is 13.5 Å². The van der Waals surface area contributed by atoms with Crippen LogP contribution in [0.2, 0.25) is 12.1 Å². The molecule has 2 atom stereocenters. The zero-order valence-electron chi connectivity index (χ0n) is 10.0. The molecule has 0 bridgehead atoms. The third-order valence-electron chi connectivity index (χ3n) is 2.49. The largest absolute Gasteiger partial charge is 0.502 e. The van der Waals surface area contributed by atoms with E-state index < -0.39 is 8.80 Å². The maximum Gasteiger partial charge on any atom is 0.156 e. The SMILES string of the molecule is CCOC(OCC)[SiH](C)C(C)CC(O)=S. The molecule has 1 N–H and O–H groups in total. The van der Waals surface area contributed by atoms with Crippen LogP contribution in [0, 0.1) is 0 Å². The predicted molar refractivity (Wildman–Crippen MR) is 69.3 cm³/mol. The molecule has 90 valence electrons. The molecule has 15 heavy (non-hydrogen) atoms. The molecule has 3 nitrogen and oxygen atoms in total. The second-order valence-corrected chi connectivity index (χ2v) is 7.59. The smallest absolute Gasteiger partial charge is 0.156 e. The highest BCUT2D eigenvalue weighted by Gasteiger charge is 2.25. The number of thiocarbonyl (C=S) groups is 1. The fourth-order valence-electron chi connectivity index (χ4n) is 1.41. The Kier molecular flexibility index (Phi) is 8.23. The van der Waals surface area contributed by atoms with Gasteiger partial charge in [0.15, 0.2) is 5.05 Å². The lowest BCUT2D eigenvalue weighted by atomic mass is 10.3. The maximum atomic E-state index is 9.09. The number of aliphatic hydroxyl groups is 1. The van der Waals surface area contributed by atoms with Crippen LogP contribution in [0.1, 0.15) is 27.2 Å². The average molecular weight is 250 g/mol. The molecule has 0 heterocycles. The van der Waals surface area contributed by atoms with E-state index in [1.54, 1.807) is 0 Å². The molecule has 0 aromatic heterocycles. The molecule has 2 unspecified atom stereocenters. The summed E-state index contributed by atoms with van der Waals surface area (Å²) in [6, 6.07) is 0. The highest BCUT2D eigenvalue weighted by atomic mass is 32.1. The molecule has 0 amide bonds. The molecule has 0 aliphatic heterocycles. The van der Waals surface area contributed by atoms with Crippen molar-refractivity contribution in [3.63, 3.8) is 0 Å². The Morgan fingerprint density at radius 2 is 1.80 bits per heavy atom. The fourth-order valence-corrected chi connectivity index (χ4v) is 3.97. The normalized spacial score (nSPS) is 15.3. The monoisotopic (exact) mass is 250 g/mol. The Morgan fingerprint density at radius 1 is 1.33 bits per heavy atom. The van der Waals surface area contributed by atoms with E-state index in [9.17, 15) is 0 Å². The quantitative estimate of drug-likeness (QED) is 0.408. The first kappa shape index (κ1) is 15.0. The maximum absolute atomic E-state index is 9.09. The van der Waals surface area contributed by atoms with Crippen LogP contribution in [0.15, 0.2) is 0 Å². The Labute approximate surface area is 99.4 Å². The molecule has 0 spiro atoms. The minimum Gasteiger partial charge on any atom is -0.502 e. The minimum absolute atomic E-state index is 0.0654. The molecule has 0 aromatic rings. The fraction of sp³-hybridized carbons (Fsp3) is 0.900. The van der Waals surface area contributed by atoms with Crippen molar-refractivity contribution < 1.29 is 14.6 Å². The zero-order chi connectivity index (χ0) is 11.8. The number of aliphatic hydroxyl groups excluding tert-OH is 1. The first-order chi connectivity index (χ1) is 7.02. The van der Waals surface area contributed by atoms with Gasteiger partial charge in [-0.2, -0.15) is 0 Å². The molecule has 5 heteroatoms. The average Bonchev–Trinajstić information content (AvgIpc) is 2.15. The van der Waals surface area contributed by atoms with Gasteiger partial charge in [0.1, 0.15) is 14.7 Å². The lowest BCUT2D eigenvalue weighted by Crippen LogP contribution is -2.37. The summed E-state index contributed by atoms with van der Waals surface area (Å²) in [7, 11) is -1.19. The van der Waals surface area contributed by atoms with Gasteiger partial charge in [-0.25, -0.2) is 0 Å². The van der Waals surface area contributed by atoms with Gasteiger partial charge in [0, 0.05) is 19.6 Å². The van der Waals surface area contributed by atoms with Gasteiger partial charge in [-0.05, 0) is 31.6 Å². The molecule has 0 aromatic carbocycles. The molecule has 0 fully saturated rings. The van der Waals surface area contributed by atoms with Crippen LogP contribution in [-0.4, -0.2) is 38.1 Å². The van der Waals surface area contributed by atoms with Crippen molar-refractivity contribution in [2.75, 3.05) is 13.2 Å². The van der Waals surface area contributed by atoms with Crippen molar-refractivity contribution in [1.29, 1.82) is 0 Å². The van der Waals surface area contributed by atoms with Crippen molar-refractivity contribution in [2.45, 2.75) is 45.2 Å². The highest BCUT2D eigenvalue weighted by molar-refractivity contribution is 7.80. The Hall–Kier alpha value is 0.0269. The standard InChI is InChI=1S/C10H22O3SSi/c1-5-12-10(13-6-2)15(4)8(3)7-9(11)14/h8,10,15H,5-7H2,1-4H3,(H,11,14). The van der Waals surface area contributed by atoms with Crippen LogP contribution < -0.4 is 0 Å². The van der Waals surface area contributed by atoms with Crippen molar-refractivity contribution in [1.82, 2.24) is 0 Å². The van der Waals surface area contributed by atoms with E-state index in [4.69, 9.17) is 26.8 Å². The Balaban J connectivity index is 4.19. The van der Waals surface area contributed by atoms with E-state index in [1.807, 2.05) is 13.8 Å². The summed E-state index contributed by atoms with van der Waals surface area (Å²) >= 11 is 4.70. The number of hydrogen-bond donors (Lipinski definition) is 1. The molecule has 0 aliphatic rings. The molecular formula is C10H22O3SSi. The Morgan fingerprint density at radius 3 is 2.13 bits per heavy atom. The lowest BCUT2D eigenvalue weighted by Gasteiger charge is -2.26. The lowest BCUT2D eigenvalue weighted by molar-refractivity contribution is -0.0859. The number of rotatable bonds is 8. The van der Waals surface area contributed by atoms with Gasteiger partial charge in [0.2, 0.25) is 0 Å². The second kappa shape index (κ2) is 8.21. The first-order valence-corrected chi connectivity index (χ1v) is 8.37. The summed E-state index contributed by atoms with van der Waals surface area (Å²) in [5.41, 5.74) is 0.394. The van der Waals surface area contributed by atoms with Crippen LogP contribution in [0.3, 0.4) is 0 Å². The van der Waals surface area contributed by atoms with Gasteiger partial charge in [-0.1, -0.05) is 13.5 Å². The molecule has 0 rings (SSSR count). The van der Waals surface area contributed by atoms with Gasteiger partial charge in [0.05, 0.1) is 0 Å². The molecule has 0 saturated carbocycles. The van der Waals surface area contributed by atoms with E-state index in [1.165, 1.54) is 0 Å². The van der Waals surface area contributed by atoms with E-state index in [0.717, 1.165) is 0 Å². The van der Waals surface area contributed by atoms with Gasteiger partial charge < -0.3 is 14.6 Å². The number of hydrogen-bond acceptors (Lipinski definition) is 3. The first-order valence-electron chi connectivity index (χ1n) is 5.47. The van der Waals surface area contributed by atoms with Gasteiger partial charge >= 0.3 is 0 Å². The third kappa shape index (κ3) is 6.24. The molecule has 0 aliphatic carbocycles. The topological polar surface area (TPSA) is 38.7 Å². The van der Waals surface area contributed by atoms with E-state index in [0.29, 0.717) is 25.2 Å². The van der Waals surface area contributed by atoms with Crippen LogP contribution in [0.25, 0.3) is 0 Å². The third-order valence-corrected chi connectivity index (χ3v) is 5.93. The van der Waals surface area contributed by atoms with Gasteiger partial charge in [-0.3, -0.25) is 0 Å². The summed E-state index contributed by atoms with van der Waals surface area (Å²) in [4.78, 5) is 0. The summed E-state index contributed by atoms with van der Waals surface area (Å²) in [6.45, 7) is 9.56.